The number of carbonyl (C=O) groups excluding carboxylic acids is 1. The maximum absolute atomic E-state index is 11.3. The molecule has 1 fully saturated rings. The van der Waals surface area contributed by atoms with Crippen LogP contribution < -0.4 is 10.2 Å². The first-order valence-corrected chi connectivity index (χ1v) is 5.48. The molecule has 1 N–H and O–H groups in total. The van der Waals surface area contributed by atoms with Crippen molar-refractivity contribution >= 4 is 23.3 Å². The van der Waals surface area contributed by atoms with Crippen LogP contribution in [0.2, 0.25) is 5.15 Å². The van der Waals surface area contributed by atoms with Gasteiger partial charge in [-0.15, -0.1) is 0 Å². The van der Waals surface area contributed by atoms with Gasteiger partial charge in [-0.1, -0.05) is 11.6 Å². The van der Waals surface area contributed by atoms with Gasteiger partial charge in [0.15, 0.2) is 11.0 Å². The van der Waals surface area contributed by atoms with E-state index in [1.54, 1.807) is 0 Å². The van der Waals surface area contributed by atoms with Crippen molar-refractivity contribution in [3.8, 4) is 0 Å². The van der Waals surface area contributed by atoms with E-state index in [0.717, 1.165) is 11.4 Å². The number of aromatic nitrogens is 2. The molecule has 0 spiro atoms. The van der Waals surface area contributed by atoms with Crippen molar-refractivity contribution in [3.05, 3.63) is 16.5 Å². The highest BCUT2D eigenvalue weighted by molar-refractivity contribution is 6.31. The second kappa shape index (κ2) is 4.25. The van der Waals surface area contributed by atoms with E-state index >= 15 is 0 Å². The zero-order valence-corrected chi connectivity index (χ0v) is 10.0. The first kappa shape index (κ1) is 11.1. The van der Waals surface area contributed by atoms with E-state index in [1.807, 2.05) is 18.7 Å². The summed E-state index contributed by atoms with van der Waals surface area (Å²) in [6.45, 7) is 5.36. The molecule has 2 rings (SSSR count). The van der Waals surface area contributed by atoms with Gasteiger partial charge >= 0.3 is 0 Å². The van der Waals surface area contributed by atoms with Crippen LogP contribution in [0.25, 0.3) is 0 Å². The van der Waals surface area contributed by atoms with E-state index < -0.39 is 0 Å². The van der Waals surface area contributed by atoms with Crippen LogP contribution in [0.3, 0.4) is 0 Å². The second-order valence-electron chi connectivity index (χ2n) is 3.78. The maximum Gasteiger partial charge on any atom is 0.239 e. The Kier molecular flexibility index (Phi) is 2.96. The van der Waals surface area contributed by atoms with E-state index in [-0.39, 0.29) is 12.5 Å². The van der Waals surface area contributed by atoms with Crippen LogP contribution in [-0.2, 0) is 4.79 Å². The summed E-state index contributed by atoms with van der Waals surface area (Å²) in [6.07, 6.45) is 0. The highest BCUT2D eigenvalue weighted by atomic mass is 35.5. The van der Waals surface area contributed by atoms with Gasteiger partial charge in [-0.25, -0.2) is 9.97 Å². The minimum atomic E-state index is -0.0117. The Balaban J connectivity index is 2.32. The number of halogens is 1. The quantitative estimate of drug-likeness (QED) is 0.785. The maximum atomic E-state index is 11.3. The number of hydrogen-bond acceptors (Lipinski definition) is 4. The van der Waals surface area contributed by atoms with Crippen LogP contribution in [0.15, 0.2) is 0 Å². The summed E-state index contributed by atoms with van der Waals surface area (Å²) < 4.78 is 0. The number of nitrogens with zero attached hydrogens (tertiary/aromatic N) is 3. The minimum absolute atomic E-state index is 0.0117. The molecule has 0 aliphatic carbocycles. The van der Waals surface area contributed by atoms with Crippen LogP contribution in [0.5, 0.6) is 0 Å². The smallest absolute Gasteiger partial charge is 0.239 e. The first-order chi connectivity index (χ1) is 7.58. The van der Waals surface area contributed by atoms with Gasteiger partial charge in [0.2, 0.25) is 5.91 Å². The molecule has 1 aromatic heterocycles. The monoisotopic (exact) mass is 240 g/mol. The van der Waals surface area contributed by atoms with Gasteiger partial charge in [0.1, 0.15) is 0 Å². The zero-order chi connectivity index (χ0) is 11.7. The van der Waals surface area contributed by atoms with Crippen molar-refractivity contribution in [2.45, 2.75) is 13.8 Å². The SMILES string of the molecule is Cc1nc(Cl)c(N2CCNC(=O)C2)nc1C. The van der Waals surface area contributed by atoms with E-state index in [2.05, 4.69) is 15.3 Å². The van der Waals surface area contributed by atoms with Gasteiger partial charge < -0.3 is 10.2 Å². The third-order valence-corrected chi connectivity index (χ3v) is 2.84. The predicted molar refractivity (Wildman–Crippen MR) is 61.7 cm³/mol. The third-order valence-electron chi connectivity index (χ3n) is 2.59. The molecule has 5 nitrogen and oxygen atoms in total. The fourth-order valence-electron chi connectivity index (χ4n) is 1.58. The van der Waals surface area contributed by atoms with E-state index in [0.29, 0.717) is 24.1 Å². The number of anilines is 1. The largest absolute Gasteiger partial charge is 0.353 e. The predicted octanol–water partition coefficient (Wildman–Crippen LogP) is 0.683. The first-order valence-electron chi connectivity index (χ1n) is 5.10. The Morgan fingerprint density at radius 3 is 2.69 bits per heavy atom. The second-order valence-corrected chi connectivity index (χ2v) is 4.14. The molecule has 1 saturated heterocycles. The molecule has 1 aromatic rings. The van der Waals surface area contributed by atoms with E-state index in [9.17, 15) is 4.79 Å². The molecule has 2 heterocycles. The normalized spacial score (nSPS) is 16.2. The summed E-state index contributed by atoms with van der Waals surface area (Å²) in [5.41, 5.74) is 1.65. The van der Waals surface area contributed by atoms with Crippen LogP contribution in [0.1, 0.15) is 11.4 Å². The van der Waals surface area contributed by atoms with Crippen molar-refractivity contribution < 1.29 is 4.79 Å². The molecule has 16 heavy (non-hydrogen) atoms. The van der Waals surface area contributed by atoms with Crippen molar-refractivity contribution in [2.24, 2.45) is 0 Å². The summed E-state index contributed by atoms with van der Waals surface area (Å²) in [4.78, 5) is 21.7. The lowest BCUT2D eigenvalue weighted by Gasteiger charge is -2.28. The van der Waals surface area contributed by atoms with Gasteiger partial charge in [-0.2, -0.15) is 0 Å². The summed E-state index contributed by atoms with van der Waals surface area (Å²) in [5, 5.41) is 3.11. The molecule has 6 heteroatoms. The molecule has 0 bridgehead atoms. The number of aryl methyl sites for hydroxylation is 2. The molecule has 0 saturated carbocycles. The number of carbonyl (C=O) groups is 1. The number of nitrogens with one attached hydrogen (secondary N) is 1. The van der Waals surface area contributed by atoms with Crippen molar-refractivity contribution in [3.63, 3.8) is 0 Å². The van der Waals surface area contributed by atoms with E-state index in [1.165, 1.54) is 0 Å². The fraction of sp³-hybridized carbons (Fsp3) is 0.500. The Morgan fingerprint density at radius 2 is 2.00 bits per heavy atom. The van der Waals surface area contributed by atoms with Crippen LogP contribution in [0, 0.1) is 13.8 Å². The lowest BCUT2D eigenvalue weighted by molar-refractivity contribution is -0.120. The Labute approximate surface area is 98.8 Å². The summed E-state index contributed by atoms with van der Waals surface area (Å²) in [7, 11) is 0. The molecule has 1 aliphatic heterocycles. The highest BCUT2D eigenvalue weighted by Crippen LogP contribution is 2.22. The number of rotatable bonds is 1. The van der Waals surface area contributed by atoms with Crippen molar-refractivity contribution in [1.82, 2.24) is 15.3 Å². The van der Waals surface area contributed by atoms with Crippen LogP contribution in [-0.4, -0.2) is 35.5 Å². The van der Waals surface area contributed by atoms with Crippen LogP contribution >= 0.6 is 11.6 Å². The summed E-state index contributed by atoms with van der Waals surface area (Å²) in [5.74, 6) is 0.585. The van der Waals surface area contributed by atoms with Gasteiger partial charge in [0.25, 0.3) is 0 Å². The fourth-order valence-corrected chi connectivity index (χ4v) is 1.87. The summed E-state index contributed by atoms with van der Waals surface area (Å²) in [6, 6.07) is 0. The molecule has 1 amide bonds. The molecule has 0 aromatic carbocycles. The molecule has 0 unspecified atom stereocenters. The van der Waals surface area contributed by atoms with Gasteiger partial charge in [0, 0.05) is 13.1 Å². The van der Waals surface area contributed by atoms with Crippen molar-refractivity contribution in [1.29, 1.82) is 0 Å². The molecular formula is C10H13ClN4O. The Morgan fingerprint density at radius 1 is 1.31 bits per heavy atom. The molecule has 1 aliphatic rings. The van der Waals surface area contributed by atoms with Crippen molar-refractivity contribution in [2.75, 3.05) is 24.5 Å². The molecule has 0 radical (unpaired) electrons. The zero-order valence-electron chi connectivity index (χ0n) is 9.25. The Bertz CT molecular complexity index is 435. The average molecular weight is 241 g/mol. The minimum Gasteiger partial charge on any atom is -0.353 e. The molecular weight excluding hydrogens is 228 g/mol. The van der Waals surface area contributed by atoms with E-state index in [4.69, 9.17) is 11.6 Å². The lowest BCUT2D eigenvalue weighted by atomic mass is 10.3. The van der Waals surface area contributed by atoms with Gasteiger partial charge in [0.05, 0.1) is 17.9 Å². The number of piperazine rings is 1. The van der Waals surface area contributed by atoms with Gasteiger partial charge in [-0.3, -0.25) is 4.79 Å². The average Bonchev–Trinajstić information content (AvgIpc) is 2.23. The highest BCUT2D eigenvalue weighted by Gasteiger charge is 2.21. The standard InChI is InChI=1S/C10H13ClN4O/c1-6-7(2)14-10(9(11)13-6)15-4-3-12-8(16)5-15/h3-5H2,1-2H3,(H,12,16). The summed E-state index contributed by atoms with van der Waals surface area (Å²) >= 11 is 6.04. The molecule has 86 valence electrons. The third kappa shape index (κ3) is 2.09. The van der Waals surface area contributed by atoms with Gasteiger partial charge in [-0.05, 0) is 13.8 Å². The number of amides is 1. The molecule has 0 atom stereocenters. The Hall–Kier alpha value is -1.36. The number of hydrogen-bond donors (Lipinski definition) is 1. The van der Waals surface area contributed by atoms with Crippen LogP contribution in [0.4, 0.5) is 5.82 Å². The lowest BCUT2D eigenvalue weighted by Crippen LogP contribution is -2.48. The topological polar surface area (TPSA) is 58.1 Å².